The van der Waals surface area contributed by atoms with E-state index in [-0.39, 0.29) is 4.99 Å². The van der Waals surface area contributed by atoms with Gasteiger partial charge in [0.25, 0.3) is 0 Å². The van der Waals surface area contributed by atoms with E-state index in [0.29, 0.717) is 12.1 Å². The van der Waals surface area contributed by atoms with Gasteiger partial charge in [-0.1, -0.05) is 12.2 Å². The number of nitrogens with two attached hydrogens (primary N) is 1. The second kappa shape index (κ2) is 4.59. The summed E-state index contributed by atoms with van der Waals surface area (Å²) in [4.78, 5) is 1.98. The standard InChI is InChI=1S/C9H10N4S/c10-3-5-13-4-1-2-8(13)7(6-11)9(12)14/h1-2,4-5H2,(H2,12,14). The highest BCUT2D eigenvalue weighted by molar-refractivity contribution is 7.80. The molecule has 1 heterocycles. The molecule has 1 saturated heterocycles. The van der Waals surface area contributed by atoms with Crippen molar-refractivity contribution in [1.82, 2.24) is 4.90 Å². The molecule has 1 fully saturated rings. The molecule has 0 saturated carbocycles. The molecule has 0 aromatic heterocycles. The van der Waals surface area contributed by atoms with E-state index in [4.69, 9.17) is 28.5 Å². The van der Waals surface area contributed by atoms with Crippen molar-refractivity contribution in [2.75, 3.05) is 13.1 Å². The lowest BCUT2D eigenvalue weighted by atomic mass is 10.2. The lowest BCUT2D eigenvalue weighted by molar-refractivity contribution is 0.440. The Labute approximate surface area is 88.2 Å². The molecule has 0 aliphatic carbocycles. The maximum Gasteiger partial charge on any atom is 0.116 e. The van der Waals surface area contributed by atoms with Crippen LogP contribution in [0.1, 0.15) is 12.8 Å². The van der Waals surface area contributed by atoms with Gasteiger partial charge in [0.05, 0.1) is 6.07 Å². The van der Waals surface area contributed by atoms with Crippen LogP contribution in [0.15, 0.2) is 11.3 Å². The quantitative estimate of drug-likeness (QED) is 0.311. The Hall–Kier alpha value is -1.59. The van der Waals surface area contributed by atoms with Crippen LogP contribution in [-0.2, 0) is 0 Å². The number of thiocarbonyl (C=S) groups is 1. The van der Waals surface area contributed by atoms with Crippen molar-refractivity contribution in [3.05, 3.63) is 11.3 Å². The summed E-state index contributed by atoms with van der Waals surface area (Å²) >= 11 is 4.78. The summed E-state index contributed by atoms with van der Waals surface area (Å²) in [5.74, 6) is 0. The molecule has 0 atom stereocenters. The first-order chi connectivity index (χ1) is 6.70. The Morgan fingerprint density at radius 3 is 2.79 bits per heavy atom. The smallest absolute Gasteiger partial charge is 0.116 e. The summed E-state index contributed by atoms with van der Waals surface area (Å²) in [6.07, 6.45) is 1.73. The lowest BCUT2D eigenvalue weighted by Crippen LogP contribution is -2.22. The highest BCUT2D eigenvalue weighted by Crippen LogP contribution is 2.23. The lowest BCUT2D eigenvalue weighted by Gasteiger charge is -2.16. The van der Waals surface area contributed by atoms with Crippen LogP contribution in [0, 0.1) is 22.7 Å². The van der Waals surface area contributed by atoms with Crippen molar-refractivity contribution >= 4 is 17.2 Å². The van der Waals surface area contributed by atoms with E-state index in [2.05, 4.69) is 6.07 Å². The van der Waals surface area contributed by atoms with Crippen molar-refractivity contribution in [3.8, 4) is 12.1 Å². The Balaban J connectivity index is 3.00. The van der Waals surface area contributed by atoms with Gasteiger partial charge in [0.2, 0.25) is 0 Å². The highest BCUT2D eigenvalue weighted by atomic mass is 32.1. The fourth-order valence-corrected chi connectivity index (χ4v) is 1.70. The zero-order chi connectivity index (χ0) is 10.6. The molecule has 1 aliphatic heterocycles. The predicted molar refractivity (Wildman–Crippen MR) is 55.8 cm³/mol. The number of nitrogens with zero attached hydrogens (tertiary/aromatic N) is 3. The van der Waals surface area contributed by atoms with Gasteiger partial charge in [0.1, 0.15) is 23.2 Å². The fraction of sp³-hybridized carbons (Fsp3) is 0.444. The minimum atomic E-state index is 0.118. The molecule has 5 heteroatoms. The van der Waals surface area contributed by atoms with Crippen LogP contribution in [0.4, 0.5) is 0 Å². The van der Waals surface area contributed by atoms with E-state index in [1.807, 2.05) is 11.0 Å². The Bertz CT molecular complexity index is 358. The molecule has 0 aromatic rings. The fourth-order valence-electron chi connectivity index (χ4n) is 1.54. The zero-order valence-electron chi connectivity index (χ0n) is 7.66. The summed E-state index contributed by atoms with van der Waals surface area (Å²) in [7, 11) is 0. The Kier molecular flexibility index (Phi) is 3.44. The van der Waals surface area contributed by atoms with Gasteiger partial charge < -0.3 is 10.6 Å². The van der Waals surface area contributed by atoms with E-state index in [9.17, 15) is 0 Å². The summed E-state index contributed by atoms with van der Waals surface area (Å²) < 4.78 is 0. The van der Waals surface area contributed by atoms with Crippen LogP contribution >= 0.6 is 12.2 Å². The van der Waals surface area contributed by atoms with Crippen LogP contribution in [0.5, 0.6) is 0 Å². The molecule has 1 rings (SSSR count). The average molecular weight is 206 g/mol. The monoisotopic (exact) mass is 206 g/mol. The van der Waals surface area contributed by atoms with E-state index in [1.165, 1.54) is 0 Å². The van der Waals surface area contributed by atoms with Crippen molar-refractivity contribution < 1.29 is 0 Å². The molecular formula is C9H10N4S. The molecule has 14 heavy (non-hydrogen) atoms. The minimum Gasteiger partial charge on any atom is -0.389 e. The second-order valence-electron chi connectivity index (χ2n) is 2.98. The van der Waals surface area contributed by atoms with Crippen LogP contribution < -0.4 is 5.73 Å². The van der Waals surface area contributed by atoms with Crippen LogP contribution in [0.3, 0.4) is 0 Å². The Morgan fingerprint density at radius 2 is 2.29 bits per heavy atom. The number of nitriles is 2. The van der Waals surface area contributed by atoms with Crippen LogP contribution in [0.25, 0.3) is 0 Å². The van der Waals surface area contributed by atoms with Gasteiger partial charge in [0, 0.05) is 12.2 Å². The van der Waals surface area contributed by atoms with E-state index in [0.717, 1.165) is 25.1 Å². The Morgan fingerprint density at radius 1 is 1.57 bits per heavy atom. The highest BCUT2D eigenvalue weighted by Gasteiger charge is 2.21. The van der Waals surface area contributed by atoms with Gasteiger partial charge in [-0.2, -0.15) is 10.5 Å². The molecule has 0 radical (unpaired) electrons. The number of rotatable bonds is 2. The molecule has 1 aliphatic rings. The van der Waals surface area contributed by atoms with Crippen LogP contribution in [-0.4, -0.2) is 23.0 Å². The first-order valence-corrected chi connectivity index (χ1v) is 4.66. The van der Waals surface area contributed by atoms with Crippen molar-refractivity contribution in [2.24, 2.45) is 5.73 Å². The first-order valence-electron chi connectivity index (χ1n) is 4.25. The molecule has 4 nitrogen and oxygen atoms in total. The normalized spacial score (nSPS) is 18.6. The van der Waals surface area contributed by atoms with E-state index >= 15 is 0 Å². The van der Waals surface area contributed by atoms with E-state index in [1.54, 1.807) is 0 Å². The molecule has 0 spiro atoms. The molecule has 0 aromatic carbocycles. The number of allylic oxidation sites excluding steroid dienone is 1. The maximum absolute atomic E-state index is 8.86. The first kappa shape index (κ1) is 10.5. The van der Waals surface area contributed by atoms with Gasteiger partial charge in [0.15, 0.2) is 0 Å². The third-order valence-corrected chi connectivity index (χ3v) is 2.34. The zero-order valence-corrected chi connectivity index (χ0v) is 8.47. The van der Waals surface area contributed by atoms with Gasteiger partial charge in [-0.25, -0.2) is 0 Å². The summed E-state index contributed by atoms with van der Waals surface area (Å²) in [5, 5.41) is 17.4. The summed E-state index contributed by atoms with van der Waals surface area (Å²) in [6, 6.07) is 4.05. The molecular weight excluding hydrogens is 196 g/mol. The summed E-state index contributed by atoms with van der Waals surface area (Å²) in [5.41, 5.74) is 6.60. The van der Waals surface area contributed by atoms with Gasteiger partial charge >= 0.3 is 0 Å². The molecule has 0 bridgehead atoms. The summed E-state index contributed by atoms with van der Waals surface area (Å²) in [6.45, 7) is 1.10. The number of likely N-dealkylation sites (tertiary alicyclic amines) is 1. The number of hydrogen-bond donors (Lipinski definition) is 1. The van der Waals surface area contributed by atoms with E-state index < -0.39 is 0 Å². The maximum atomic E-state index is 8.86. The largest absolute Gasteiger partial charge is 0.389 e. The average Bonchev–Trinajstić information content (AvgIpc) is 2.55. The van der Waals surface area contributed by atoms with Crippen molar-refractivity contribution in [2.45, 2.75) is 12.8 Å². The minimum absolute atomic E-state index is 0.118. The van der Waals surface area contributed by atoms with Gasteiger partial charge in [-0.05, 0) is 12.8 Å². The molecule has 0 unspecified atom stereocenters. The van der Waals surface area contributed by atoms with Gasteiger partial charge in [-0.15, -0.1) is 0 Å². The number of hydrogen-bond acceptors (Lipinski definition) is 4. The van der Waals surface area contributed by atoms with Crippen LogP contribution in [0.2, 0.25) is 0 Å². The molecule has 0 amide bonds. The topological polar surface area (TPSA) is 76.8 Å². The van der Waals surface area contributed by atoms with Crippen molar-refractivity contribution in [1.29, 1.82) is 10.5 Å². The molecule has 2 N–H and O–H groups in total. The predicted octanol–water partition coefficient (Wildman–Crippen LogP) is 0.670. The third kappa shape index (κ3) is 2.01. The third-order valence-electron chi connectivity index (χ3n) is 2.13. The van der Waals surface area contributed by atoms with Gasteiger partial charge in [-0.3, -0.25) is 0 Å². The SMILES string of the molecule is N#CCN1CCCC1=C(C#N)C(N)=S. The molecule has 72 valence electrons. The second-order valence-corrected chi connectivity index (χ2v) is 3.42. The van der Waals surface area contributed by atoms with Crippen molar-refractivity contribution in [3.63, 3.8) is 0 Å².